The Morgan fingerprint density at radius 2 is 1.88 bits per heavy atom. The molecule has 0 saturated heterocycles. The molecule has 0 aliphatic carbocycles. The van der Waals surface area contributed by atoms with Crippen molar-refractivity contribution in [1.29, 1.82) is 0 Å². The third-order valence-electron chi connectivity index (χ3n) is 2.19. The summed E-state index contributed by atoms with van der Waals surface area (Å²) in [5, 5.41) is 0. The Hall–Kier alpha value is -1.48. The molecule has 0 atom stereocenters. The molecule has 1 heterocycles. The molecule has 0 bridgehead atoms. The minimum atomic E-state index is -0.249. The normalized spacial score (nSPS) is 10.2. The zero-order chi connectivity index (χ0) is 11.2. The molecule has 2 aromatic rings. The Morgan fingerprint density at radius 3 is 2.62 bits per heavy atom. The molecule has 2 nitrogen and oxygen atoms in total. The minimum Gasteiger partial charge on any atom is -0.431 e. The minimum absolute atomic E-state index is 0.249. The smallest absolute Gasteiger partial charge is 0.349 e. The van der Waals surface area contributed by atoms with Crippen LogP contribution in [0.5, 0.6) is 0 Å². The fourth-order valence-electron chi connectivity index (χ4n) is 1.38. The van der Waals surface area contributed by atoms with Crippen molar-refractivity contribution >= 4 is 11.8 Å². The van der Waals surface area contributed by atoms with E-state index in [1.807, 2.05) is 18.2 Å². The molecular weight excluding hydrogens is 220 g/mol. The predicted octanol–water partition coefficient (Wildman–Crippen LogP) is 2.97. The summed E-state index contributed by atoms with van der Waals surface area (Å²) in [4.78, 5) is 12.0. The molecule has 0 saturated carbocycles. The van der Waals surface area contributed by atoms with Gasteiger partial charge >= 0.3 is 5.63 Å². The predicted molar refractivity (Wildman–Crippen MR) is 65.8 cm³/mol. The highest BCUT2D eigenvalue weighted by Crippen LogP contribution is 2.14. The largest absolute Gasteiger partial charge is 0.431 e. The van der Waals surface area contributed by atoms with E-state index < -0.39 is 0 Å². The Morgan fingerprint density at radius 1 is 1.06 bits per heavy atom. The quantitative estimate of drug-likeness (QED) is 0.759. The third kappa shape index (κ3) is 3.00. The lowest BCUT2D eigenvalue weighted by atomic mass is 10.2. The molecule has 3 heteroatoms. The van der Waals surface area contributed by atoms with Crippen LogP contribution in [0.15, 0.2) is 62.8 Å². The van der Waals surface area contributed by atoms with Crippen LogP contribution in [0.25, 0.3) is 0 Å². The van der Waals surface area contributed by atoms with Gasteiger partial charge in [-0.2, -0.15) is 0 Å². The van der Waals surface area contributed by atoms with Gasteiger partial charge in [-0.1, -0.05) is 30.3 Å². The van der Waals surface area contributed by atoms with Crippen molar-refractivity contribution in [2.75, 3.05) is 5.75 Å². The summed E-state index contributed by atoms with van der Waals surface area (Å²) in [6, 6.07) is 13.8. The van der Waals surface area contributed by atoms with Gasteiger partial charge in [0.05, 0.1) is 11.2 Å². The van der Waals surface area contributed by atoms with Crippen molar-refractivity contribution in [2.24, 2.45) is 0 Å². The van der Waals surface area contributed by atoms with Crippen LogP contribution in [0.4, 0.5) is 0 Å². The molecule has 1 aromatic heterocycles. The summed E-state index contributed by atoms with van der Waals surface area (Å²) in [5.74, 6) is 0.888. The first-order chi connectivity index (χ1) is 7.86. The van der Waals surface area contributed by atoms with Gasteiger partial charge < -0.3 is 4.42 Å². The van der Waals surface area contributed by atoms with Crippen LogP contribution in [0.2, 0.25) is 0 Å². The van der Waals surface area contributed by atoms with Crippen LogP contribution >= 0.6 is 11.8 Å². The van der Waals surface area contributed by atoms with E-state index in [4.69, 9.17) is 4.42 Å². The molecular formula is C13H12O2S. The zero-order valence-electron chi connectivity index (χ0n) is 8.76. The van der Waals surface area contributed by atoms with E-state index >= 15 is 0 Å². The van der Waals surface area contributed by atoms with E-state index in [0.717, 1.165) is 12.2 Å². The molecule has 0 fully saturated rings. The first kappa shape index (κ1) is 11.0. The third-order valence-corrected chi connectivity index (χ3v) is 3.22. The number of aryl methyl sites for hydroxylation is 1. The first-order valence-electron chi connectivity index (χ1n) is 5.11. The van der Waals surface area contributed by atoms with E-state index in [1.54, 1.807) is 12.1 Å². The van der Waals surface area contributed by atoms with Crippen molar-refractivity contribution in [1.82, 2.24) is 0 Å². The average molecular weight is 232 g/mol. The average Bonchev–Trinajstić information content (AvgIpc) is 2.33. The Labute approximate surface area is 98.3 Å². The van der Waals surface area contributed by atoms with Gasteiger partial charge in [-0.3, -0.25) is 0 Å². The number of hydrogen-bond donors (Lipinski definition) is 0. The molecule has 2 rings (SSSR count). The summed E-state index contributed by atoms with van der Waals surface area (Å²) in [5.41, 5.74) is 1.04. The van der Waals surface area contributed by atoms with Crippen LogP contribution in [-0.4, -0.2) is 5.75 Å². The lowest BCUT2D eigenvalue weighted by molar-refractivity contribution is 0.494. The van der Waals surface area contributed by atoms with Crippen LogP contribution in [0.1, 0.15) is 5.56 Å². The fourth-order valence-corrected chi connectivity index (χ4v) is 2.28. The van der Waals surface area contributed by atoms with E-state index in [1.165, 1.54) is 23.6 Å². The van der Waals surface area contributed by atoms with Gasteiger partial charge in [0.15, 0.2) is 0 Å². The van der Waals surface area contributed by atoms with Gasteiger partial charge in [0, 0.05) is 5.75 Å². The fraction of sp³-hybridized carbons (Fsp3) is 0.154. The van der Waals surface area contributed by atoms with E-state index in [0.29, 0.717) is 4.90 Å². The number of hydrogen-bond acceptors (Lipinski definition) is 3. The molecule has 0 aliphatic heterocycles. The highest BCUT2D eigenvalue weighted by molar-refractivity contribution is 7.99. The molecule has 1 aromatic carbocycles. The van der Waals surface area contributed by atoms with Crippen molar-refractivity contribution in [3.63, 3.8) is 0 Å². The van der Waals surface area contributed by atoms with Crippen molar-refractivity contribution in [3.8, 4) is 0 Å². The topological polar surface area (TPSA) is 30.2 Å². The first-order valence-corrected chi connectivity index (χ1v) is 6.09. The summed E-state index contributed by atoms with van der Waals surface area (Å²) in [7, 11) is 0. The van der Waals surface area contributed by atoms with Crippen LogP contribution in [0, 0.1) is 0 Å². The van der Waals surface area contributed by atoms with Gasteiger partial charge in [-0.25, -0.2) is 4.79 Å². The summed E-state index contributed by atoms with van der Waals surface area (Å²) in [6.45, 7) is 0. The van der Waals surface area contributed by atoms with E-state index in [9.17, 15) is 4.79 Å². The summed E-state index contributed by atoms with van der Waals surface area (Å²) in [6.07, 6.45) is 2.36. The van der Waals surface area contributed by atoms with Crippen LogP contribution in [0.3, 0.4) is 0 Å². The molecule has 0 amide bonds. The standard InChI is InChI=1S/C13H12O2S/c14-13-12(7-4-9-15-13)16-10-8-11-5-2-1-3-6-11/h1-7,9H,8,10H2. The molecule has 0 unspecified atom stereocenters. The van der Waals surface area contributed by atoms with Crippen molar-refractivity contribution < 1.29 is 4.42 Å². The Bertz CT molecular complexity index is 491. The van der Waals surface area contributed by atoms with Gasteiger partial charge in [-0.15, -0.1) is 11.8 Å². The maximum atomic E-state index is 11.3. The van der Waals surface area contributed by atoms with Gasteiger partial charge in [0.1, 0.15) is 0 Å². The van der Waals surface area contributed by atoms with Crippen LogP contribution in [-0.2, 0) is 6.42 Å². The van der Waals surface area contributed by atoms with Crippen molar-refractivity contribution in [3.05, 3.63) is 64.7 Å². The highest BCUT2D eigenvalue weighted by Gasteiger charge is 2.00. The lowest BCUT2D eigenvalue weighted by Crippen LogP contribution is -2.01. The number of benzene rings is 1. The molecule has 0 spiro atoms. The monoisotopic (exact) mass is 232 g/mol. The Balaban J connectivity index is 1.90. The molecule has 82 valence electrons. The molecule has 0 aliphatic rings. The maximum Gasteiger partial charge on any atom is 0.349 e. The zero-order valence-corrected chi connectivity index (χ0v) is 9.57. The lowest BCUT2D eigenvalue weighted by Gasteiger charge is -2.00. The maximum absolute atomic E-state index is 11.3. The second-order valence-corrected chi connectivity index (χ2v) is 4.49. The van der Waals surface area contributed by atoms with E-state index in [-0.39, 0.29) is 5.63 Å². The highest BCUT2D eigenvalue weighted by atomic mass is 32.2. The molecule has 0 radical (unpaired) electrons. The summed E-state index contributed by atoms with van der Waals surface area (Å²) >= 11 is 1.54. The second-order valence-electron chi connectivity index (χ2n) is 3.35. The number of thioether (sulfide) groups is 1. The van der Waals surface area contributed by atoms with Gasteiger partial charge in [0.2, 0.25) is 0 Å². The number of rotatable bonds is 4. The van der Waals surface area contributed by atoms with Gasteiger partial charge in [-0.05, 0) is 24.1 Å². The molecule has 0 N–H and O–H groups in total. The van der Waals surface area contributed by atoms with Gasteiger partial charge in [0.25, 0.3) is 0 Å². The summed E-state index contributed by atoms with van der Waals surface area (Å²) < 4.78 is 4.78. The molecule has 16 heavy (non-hydrogen) atoms. The second kappa shape index (κ2) is 5.56. The van der Waals surface area contributed by atoms with Crippen molar-refractivity contribution in [2.45, 2.75) is 11.3 Å². The Kier molecular flexibility index (Phi) is 3.83. The van der Waals surface area contributed by atoms with E-state index in [2.05, 4.69) is 12.1 Å². The SMILES string of the molecule is O=c1occcc1SCCc1ccccc1. The van der Waals surface area contributed by atoms with Crippen LogP contribution < -0.4 is 5.63 Å².